The van der Waals surface area contributed by atoms with E-state index in [1.807, 2.05) is 26.2 Å². The second kappa shape index (κ2) is 4.10. The molecule has 2 rings (SSSR count). The maximum absolute atomic E-state index is 4.07. The van der Waals surface area contributed by atoms with E-state index in [1.54, 1.807) is 0 Å². The molecule has 12 heavy (non-hydrogen) atoms. The molecule has 0 saturated carbocycles. The molecule has 2 nitrogen and oxygen atoms in total. The topological polar surface area (TPSA) is 16.1 Å². The Kier molecular flexibility index (Phi) is 3.09. The largest absolute Gasteiger partial charge is 0.373 e. The first-order valence-corrected chi connectivity index (χ1v) is 4.52. The lowest BCUT2D eigenvalue weighted by Crippen LogP contribution is -2.12. The van der Waals surface area contributed by atoms with Gasteiger partial charge in [0.1, 0.15) is 0 Å². The van der Waals surface area contributed by atoms with E-state index in [2.05, 4.69) is 23.0 Å². The van der Waals surface area contributed by atoms with Crippen LogP contribution in [-0.2, 0) is 6.42 Å². The maximum Gasteiger partial charge on any atom is 0.0583 e. The Bertz CT molecular complexity index is 245. The molecule has 1 aromatic heterocycles. The van der Waals surface area contributed by atoms with E-state index in [4.69, 9.17) is 0 Å². The molecule has 0 amide bonds. The summed E-state index contributed by atoms with van der Waals surface area (Å²) in [7, 11) is 2.10. The third kappa shape index (κ3) is 1.58. The molecule has 0 radical (unpaired) electrons. The van der Waals surface area contributed by atoms with Gasteiger partial charge in [-0.1, -0.05) is 13.8 Å². The number of hydrogen-bond acceptors (Lipinski definition) is 2. The predicted octanol–water partition coefficient (Wildman–Crippen LogP) is 2.10. The molecule has 0 aromatic carbocycles. The molecule has 1 aliphatic heterocycles. The Morgan fingerprint density at radius 3 is 2.83 bits per heavy atom. The minimum atomic E-state index is 1.14. The fraction of sp³-hybridized carbons (Fsp3) is 0.500. The van der Waals surface area contributed by atoms with Crippen LogP contribution >= 0.6 is 0 Å². The Balaban J connectivity index is 0.000000336. The molecule has 0 spiro atoms. The quantitative estimate of drug-likeness (QED) is 0.583. The second-order valence-electron chi connectivity index (χ2n) is 2.68. The first-order valence-electron chi connectivity index (χ1n) is 4.52. The van der Waals surface area contributed by atoms with Crippen LogP contribution in [0.25, 0.3) is 0 Å². The minimum absolute atomic E-state index is 1.14. The van der Waals surface area contributed by atoms with Crippen LogP contribution in [0.2, 0.25) is 0 Å². The fourth-order valence-corrected chi connectivity index (χ4v) is 1.38. The van der Waals surface area contributed by atoms with Crippen LogP contribution in [0.1, 0.15) is 19.4 Å². The third-order valence-electron chi connectivity index (χ3n) is 2.02. The van der Waals surface area contributed by atoms with E-state index in [9.17, 15) is 0 Å². The van der Waals surface area contributed by atoms with Gasteiger partial charge in [0.2, 0.25) is 0 Å². The summed E-state index contributed by atoms with van der Waals surface area (Å²) in [6, 6.07) is 2.10. The van der Waals surface area contributed by atoms with Gasteiger partial charge in [0.05, 0.1) is 11.9 Å². The van der Waals surface area contributed by atoms with E-state index < -0.39 is 0 Å². The van der Waals surface area contributed by atoms with Gasteiger partial charge in [-0.15, -0.1) is 0 Å². The fourth-order valence-electron chi connectivity index (χ4n) is 1.38. The minimum Gasteiger partial charge on any atom is -0.373 e. The van der Waals surface area contributed by atoms with Crippen LogP contribution in [-0.4, -0.2) is 18.6 Å². The SMILES string of the molecule is CC.CN1CCc2ccncc21. The highest BCUT2D eigenvalue weighted by Gasteiger charge is 2.13. The van der Waals surface area contributed by atoms with Crippen molar-refractivity contribution >= 4 is 5.69 Å². The molecule has 2 heterocycles. The summed E-state index contributed by atoms with van der Waals surface area (Å²) in [4.78, 5) is 6.30. The van der Waals surface area contributed by atoms with Gasteiger partial charge in [-0.3, -0.25) is 4.98 Å². The molecule has 0 fully saturated rings. The van der Waals surface area contributed by atoms with Crippen molar-refractivity contribution in [1.82, 2.24) is 4.98 Å². The highest BCUT2D eigenvalue weighted by Crippen LogP contribution is 2.23. The van der Waals surface area contributed by atoms with E-state index in [-0.39, 0.29) is 0 Å². The highest BCUT2D eigenvalue weighted by atomic mass is 15.1. The van der Waals surface area contributed by atoms with Crippen LogP contribution in [0.15, 0.2) is 18.5 Å². The van der Waals surface area contributed by atoms with Crippen molar-refractivity contribution in [3.63, 3.8) is 0 Å². The van der Waals surface area contributed by atoms with Crippen LogP contribution in [0, 0.1) is 0 Å². The standard InChI is InChI=1S/C8H10N2.C2H6/c1-10-5-3-7-2-4-9-6-8(7)10;1-2/h2,4,6H,3,5H2,1H3;1-2H3. The third-order valence-corrected chi connectivity index (χ3v) is 2.02. The van der Waals surface area contributed by atoms with Gasteiger partial charge in [-0.05, 0) is 18.1 Å². The monoisotopic (exact) mass is 164 g/mol. The second-order valence-corrected chi connectivity index (χ2v) is 2.68. The lowest BCUT2D eigenvalue weighted by molar-refractivity contribution is 0.955. The van der Waals surface area contributed by atoms with E-state index in [0.717, 1.165) is 6.54 Å². The normalized spacial score (nSPS) is 13.4. The summed E-state index contributed by atoms with van der Waals surface area (Å²) in [5.74, 6) is 0. The van der Waals surface area contributed by atoms with Crippen molar-refractivity contribution in [3.8, 4) is 0 Å². The first kappa shape index (κ1) is 9.04. The van der Waals surface area contributed by atoms with Gasteiger partial charge in [0.25, 0.3) is 0 Å². The molecular formula is C10H16N2. The Hall–Kier alpha value is -1.05. The summed E-state index contributed by atoms with van der Waals surface area (Å²) in [5, 5.41) is 0. The van der Waals surface area contributed by atoms with E-state index >= 15 is 0 Å². The summed E-state index contributed by atoms with van der Waals surface area (Å²) in [5.41, 5.74) is 2.72. The molecule has 0 aliphatic carbocycles. The van der Waals surface area contributed by atoms with Crippen molar-refractivity contribution in [1.29, 1.82) is 0 Å². The first-order chi connectivity index (χ1) is 5.88. The van der Waals surface area contributed by atoms with Crippen LogP contribution < -0.4 is 4.90 Å². The number of likely N-dealkylation sites (N-methyl/N-ethyl adjacent to an activating group) is 1. The van der Waals surface area contributed by atoms with Gasteiger partial charge in [-0.2, -0.15) is 0 Å². The zero-order valence-corrected chi connectivity index (χ0v) is 8.04. The molecule has 66 valence electrons. The van der Waals surface area contributed by atoms with Crippen LogP contribution in [0.3, 0.4) is 0 Å². The number of anilines is 1. The number of fused-ring (bicyclic) bond motifs is 1. The van der Waals surface area contributed by atoms with Crippen molar-refractivity contribution in [3.05, 3.63) is 24.0 Å². The van der Waals surface area contributed by atoms with Gasteiger partial charge in [0, 0.05) is 19.8 Å². The number of hydrogen-bond donors (Lipinski definition) is 0. The molecule has 0 bridgehead atoms. The van der Waals surface area contributed by atoms with Crippen LogP contribution in [0.5, 0.6) is 0 Å². The van der Waals surface area contributed by atoms with Crippen molar-refractivity contribution in [2.75, 3.05) is 18.5 Å². The molecule has 0 N–H and O–H groups in total. The smallest absolute Gasteiger partial charge is 0.0583 e. The molecular weight excluding hydrogens is 148 g/mol. The van der Waals surface area contributed by atoms with Crippen molar-refractivity contribution in [2.45, 2.75) is 20.3 Å². The highest BCUT2D eigenvalue weighted by molar-refractivity contribution is 5.55. The van der Waals surface area contributed by atoms with Gasteiger partial charge >= 0.3 is 0 Å². The summed E-state index contributed by atoms with van der Waals surface area (Å²) >= 11 is 0. The van der Waals surface area contributed by atoms with Crippen molar-refractivity contribution in [2.24, 2.45) is 0 Å². The molecule has 1 aromatic rings. The Morgan fingerprint density at radius 2 is 2.17 bits per heavy atom. The Labute approximate surface area is 74.2 Å². The van der Waals surface area contributed by atoms with E-state index in [1.165, 1.54) is 17.7 Å². The van der Waals surface area contributed by atoms with Gasteiger partial charge in [0.15, 0.2) is 0 Å². The predicted molar refractivity (Wildman–Crippen MR) is 52.6 cm³/mol. The average molecular weight is 164 g/mol. The zero-order valence-electron chi connectivity index (χ0n) is 8.04. The lowest BCUT2D eigenvalue weighted by Gasteiger charge is -2.09. The zero-order chi connectivity index (χ0) is 8.97. The molecule has 0 saturated heterocycles. The molecule has 0 unspecified atom stereocenters. The molecule has 0 atom stereocenters. The Morgan fingerprint density at radius 1 is 1.42 bits per heavy atom. The lowest BCUT2D eigenvalue weighted by atomic mass is 10.2. The van der Waals surface area contributed by atoms with E-state index in [0.29, 0.717) is 0 Å². The van der Waals surface area contributed by atoms with Crippen LogP contribution in [0.4, 0.5) is 5.69 Å². The van der Waals surface area contributed by atoms with Gasteiger partial charge < -0.3 is 4.90 Å². The molecule has 1 aliphatic rings. The number of nitrogens with zero attached hydrogens (tertiary/aromatic N) is 2. The number of pyridine rings is 1. The number of rotatable bonds is 0. The maximum atomic E-state index is 4.07. The molecule has 2 heteroatoms. The van der Waals surface area contributed by atoms with Crippen molar-refractivity contribution < 1.29 is 0 Å². The summed E-state index contributed by atoms with van der Waals surface area (Å²) in [6.07, 6.45) is 4.97. The average Bonchev–Trinajstić information content (AvgIpc) is 2.53. The summed E-state index contributed by atoms with van der Waals surface area (Å²) < 4.78 is 0. The summed E-state index contributed by atoms with van der Waals surface area (Å²) in [6.45, 7) is 5.14. The number of aromatic nitrogens is 1. The van der Waals surface area contributed by atoms with Gasteiger partial charge in [-0.25, -0.2) is 0 Å².